The van der Waals surface area contributed by atoms with E-state index in [1.54, 1.807) is 11.5 Å². The number of hydrazone groups is 1. The molecule has 0 bridgehead atoms. The van der Waals surface area contributed by atoms with Crippen LogP contribution in [0.4, 0.5) is 10.3 Å². The molecule has 3 aromatic rings. The Bertz CT molecular complexity index is 1080. The van der Waals surface area contributed by atoms with Crippen LogP contribution in [0.5, 0.6) is 0 Å². The third kappa shape index (κ3) is 2.96. The van der Waals surface area contributed by atoms with Crippen molar-refractivity contribution < 1.29 is 4.39 Å². The maximum absolute atomic E-state index is 14.0. The second-order valence-electron chi connectivity index (χ2n) is 6.05. The highest BCUT2D eigenvalue weighted by molar-refractivity contribution is 5.82. The van der Waals surface area contributed by atoms with Crippen molar-refractivity contribution in [3.63, 3.8) is 0 Å². The molecule has 0 spiro atoms. The molecule has 0 unspecified atom stereocenters. The van der Waals surface area contributed by atoms with Gasteiger partial charge in [0.25, 0.3) is 5.56 Å². The van der Waals surface area contributed by atoms with E-state index in [-0.39, 0.29) is 17.1 Å². The van der Waals surface area contributed by atoms with E-state index < -0.39 is 5.95 Å². The summed E-state index contributed by atoms with van der Waals surface area (Å²) in [5, 5.41) is 8.50. The summed E-state index contributed by atoms with van der Waals surface area (Å²) in [5.74, 6) is -0.235. The minimum Gasteiger partial charge on any atom is -0.295 e. The fraction of sp³-hybridized carbons (Fsp3) is 0.353. The number of nitrogens with zero attached hydrogens (tertiary/aromatic N) is 6. The van der Waals surface area contributed by atoms with E-state index in [1.165, 1.54) is 13.3 Å². The number of pyridine rings is 1. The van der Waals surface area contributed by atoms with Crippen molar-refractivity contribution in [1.29, 1.82) is 0 Å². The molecular formula is C17H20FN7O. The Kier molecular flexibility index (Phi) is 4.54. The smallest absolute Gasteiger partial charge is 0.284 e. The van der Waals surface area contributed by atoms with Gasteiger partial charge in [-0.2, -0.15) is 19.6 Å². The van der Waals surface area contributed by atoms with Gasteiger partial charge in [0, 0.05) is 19.3 Å². The number of aryl methyl sites for hydroxylation is 5. The molecule has 0 atom stereocenters. The van der Waals surface area contributed by atoms with Crippen LogP contribution in [0.15, 0.2) is 16.0 Å². The van der Waals surface area contributed by atoms with Crippen LogP contribution in [0.2, 0.25) is 0 Å². The highest BCUT2D eigenvalue weighted by Gasteiger charge is 2.14. The summed E-state index contributed by atoms with van der Waals surface area (Å²) in [5.41, 5.74) is 5.32. The molecule has 0 aliphatic heterocycles. The summed E-state index contributed by atoms with van der Waals surface area (Å²) in [6.07, 6.45) is 1.32. The van der Waals surface area contributed by atoms with Crippen LogP contribution in [0.1, 0.15) is 29.4 Å². The highest BCUT2D eigenvalue weighted by atomic mass is 19.1. The summed E-state index contributed by atoms with van der Waals surface area (Å²) in [7, 11) is 1.52. The number of fused-ring (bicyclic) bond motifs is 1. The maximum Gasteiger partial charge on any atom is 0.284 e. The van der Waals surface area contributed by atoms with Crippen molar-refractivity contribution in [2.75, 3.05) is 5.43 Å². The molecule has 9 heteroatoms. The Morgan fingerprint density at radius 3 is 2.65 bits per heavy atom. The molecule has 0 saturated heterocycles. The van der Waals surface area contributed by atoms with Crippen molar-refractivity contribution in [1.82, 2.24) is 24.3 Å². The third-order valence-corrected chi connectivity index (χ3v) is 4.13. The average Bonchev–Trinajstić information content (AvgIpc) is 2.80. The van der Waals surface area contributed by atoms with E-state index in [9.17, 15) is 9.18 Å². The van der Waals surface area contributed by atoms with Crippen LogP contribution < -0.4 is 11.0 Å². The van der Waals surface area contributed by atoms with Crippen LogP contribution >= 0.6 is 0 Å². The zero-order chi connectivity index (χ0) is 19.0. The monoisotopic (exact) mass is 357 g/mol. The molecule has 26 heavy (non-hydrogen) atoms. The molecule has 0 fully saturated rings. The number of hydrogen-bond acceptors (Lipinski definition) is 6. The van der Waals surface area contributed by atoms with Crippen LogP contribution in [-0.2, 0) is 13.6 Å². The number of anilines is 1. The van der Waals surface area contributed by atoms with E-state index >= 15 is 0 Å². The Morgan fingerprint density at radius 1 is 1.31 bits per heavy atom. The molecule has 1 N–H and O–H groups in total. The van der Waals surface area contributed by atoms with Crippen LogP contribution in [0.25, 0.3) is 11.0 Å². The van der Waals surface area contributed by atoms with Gasteiger partial charge in [-0.15, -0.1) is 0 Å². The zero-order valence-corrected chi connectivity index (χ0v) is 15.3. The SMILES string of the molecule is CCn1c(NN=Cc2c(C)nn(C)c2F)nc(=O)c2c(C)cc(C)nc21. The van der Waals surface area contributed by atoms with E-state index in [1.807, 2.05) is 26.8 Å². The van der Waals surface area contributed by atoms with E-state index in [2.05, 4.69) is 25.6 Å². The fourth-order valence-electron chi connectivity index (χ4n) is 2.92. The van der Waals surface area contributed by atoms with Crippen molar-refractivity contribution in [3.05, 3.63) is 44.9 Å². The maximum atomic E-state index is 14.0. The van der Waals surface area contributed by atoms with Gasteiger partial charge in [-0.05, 0) is 39.3 Å². The molecule has 0 saturated carbocycles. The Labute approximate surface area is 149 Å². The lowest BCUT2D eigenvalue weighted by molar-refractivity contribution is 0.502. The fourth-order valence-corrected chi connectivity index (χ4v) is 2.92. The number of rotatable bonds is 4. The molecular weight excluding hydrogens is 337 g/mol. The molecule has 3 aromatic heterocycles. The number of hydrogen-bond donors (Lipinski definition) is 1. The molecule has 8 nitrogen and oxygen atoms in total. The molecule has 3 rings (SSSR count). The van der Waals surface area contributed by atoms with Gasteiger partial charge in [-0.25, -0.2) is 15.1 Å². The van der Waals surface area contributed by atoms with Gasteiger partial charge in [-0.1, -0.05) is 0 Å². The molecule has 0 amide bonds. The van der Waals surface area contributed by atoms with Crippen molar-refractivity contribution in [2.24, 2.45) is 12.1 Å². The molecule has 0 radical (unpaired) electrons. The van der Waals surface area contributed by atoms with E-state index in [0.29, 0.717) is 23.3 Å². The topological polar surface area (TPSA) is 90.0 Å². The molecule has 0 aliphatic rings. The van der Waals surface area contributed by atoms with Crippen LogP contribution in [0, 0.1) is 26.7 Å². The molecule has 0 aromatic carbocycles. The Balaban J connectivity index is 2.05. The second-order valence-corrected chi connectivity index (χ2v) is 6.05. The first-order valence-corrected chi connectivity index (χ1v) is 8.20. The molecule has 3 heterocycles. The first kappa shape index (κ1) is 17.7. The molecule has 136 valence electrons. The lowest BCUT2D eigenvalue weighted by atomic mass is 10.2. The number of aromatic nitrogens is 5. The largest absolute Gasteiger partial charge is 0.295 e. The summed E-state index contributed by atoms with van der Waals surface area (Å²) in [6, 6.07) is 1.85. The van der Waals surface area contributed by atoms with Gasteiger partial charge in [0.15, 0.2) is 0 Å². The lowest BCUT2D eigenvalue weighted by Crippen LogP contribution is -2.19. The van der Waals surface area contributed by atoms with Crippen LogP contribution in [0.3, 0.4) is 0 Å². The normalized spacial score (nSPS) is 11.6. The summed E-state index contributed by atoms with van der Waals surface area (Å²) in [6.45, 7) is 7.88. The minimum atomic E-state index is -0.486. The number of nitrogens with one attached hydrogen (secondary N) is 1. The Hall–Kier alpha value is -3.10. The van der Waals surface area contributed by atoms with Gasteiger partial charge in [0.05, 0.1) is 22.9 Å². The van der Waals surface area contributed by atoms with E-state index in [4.69, 9.17) is 0 Å². The van der Waals surface area contributed by atoms with Gasteiger partial charge < -0.3 is 0 Å². The summed E-state index contributed by atoms with van der Waals surface area (Å²) in [4.78, 5) is 21.0. The minimum absolute atomic E-state index is 0.251. The predicted molar refractivity (Wildman–Crippen MR) is 98.1 cm³/mol. The van der Waals surface area contributed by atoms with Crippen LogP contribution in [-0.4, -0.2) is 30.5 Å². The standard InChI is InChI=1S/C17H20FN7O/c1-6-25-15-13(9(2)7-10(3)20-15)16(26)21-17(25)22-19-8-12-11(4)23-24(5)14(12)18/h7-8H,6H2,1-5H3,(H,21,22,26). The van der Waals surface area contributed by atoms with Gasteiger partial charge in [0.2, 0.25) is 11.9 Å². The van der Waals surface area contributed by atoms with Crippen molar-refractivity contribution in [3.8, 4) is 0 Å². The second kappa shape index (κ2) is 6.66. The predicted octanol–water partition coefficient (Wildman–Crippen LogP) is 2.06. The third-order valence-electron chi connectivity index (χ3n) is 4.13. The first-order valence-electron chi connectivity index (χ1n) is 8.20. The first-order chi connectivity index (χ1) is 12.3. The summed E-state index contributed by atoms with van der Waals surface area (Å²) >= 11 is 0. The lowest BCUT2D eigenvalue weighted by Gasteiger charge is -2.13. The van der Waals surface area contributed by atoms with Crippen molar-refractivity contribution in [2.45, 2.75) is 34.2 Å². The number of halogens is 1. The summed E-state index contributed by atoms with van der Waals surface area (Å²) < 4.78 is 16.9. The van der Waals surface area contributed by atoms with Crippen molar-refractivity contribution >= 4 is 23.2 Å². The van der Waals surface area contributed by atoms with Gasteiger partial charge >= 0.3 is 0 Å². The molecule has 0 aliphatic carbocycles. The van der Waals surface area contributed by atoms with Gasteiger partial charge in [-0.3, -0.25) is 9.36 Å². The zero-order valence-electron chi connectivity index (χ0n) is 15.3. The van der Waals surface area contributed by atoms with E-state index in [0.717, 1.165) is 15.9 Å². The Morgan fingerprint density at radius 2 is 2.04 bits per heavy atom. The van der Waals surface area contributed by atoms with Gasteiger partial charge in [0.1, 0.15) is 5.65 Å². The quantitative estimate of drug-likeness (QED) is 0.570. The highest BCUT2D eigenvalue weighted by Crippen LogP contribution is 2.17. The average molecular weight is 357 g/mol.